The van der Waals surface area contributed by atoms with Crippen molar-refractivity contribution in [3.63, 3.8) is 0 Å². The van der Waals surface area contributed by atoms with E-state index in [2.05, 4.69) is 10.1 Å². The molecule has 25 heavy (non-hydrogen) atoms. The zero-order valence-electron chi connectivity index (χ0n) is 15.2. The first-order valence-corrected chi connectivity index (χ1v) is 9.57. The Bertz CT molecular complexity index is 889. The highest BCUT2D eigenvalue weighted by molar-refractivity contribution is 7.89. The van der Waals surface area contributed by atoms with Crippen molar-refractivity contribution in [2.45, 2.75) is 51.5 Å². The van der Waals surface area contributed by atoms with Crippen LogP contribution in [-0.2, 0) is 22.0 Å². The lowest BCUT2D eigenvalue weighted by Crippen LogP contribution is -2.32. The summed E-state index contributed by atoms with van der Waals surface area (Å²) in [5.74, 6) is 0.784. The van der Waals surface area contributed by atoms with Crippen molar-refractivity contribution in [2.24, 2.45) is 0 Å². The van der Waals surface area contributed by atoms with Gasteiger partial charge in [0.15, 0.2) is 5.82 Å². The van der Waals surface area contributed by atoms with E-state index < -0.39 is 10.0 Å². The molecule has 0 aliphatic heterocycles. The van der Waals surface area contributed by atoms with Crippen molar-refractivity contribution in [2.75, 3.05) is 13.1 Å². The molecular formula is C16H24N4O4S. The summed E-state index contributed by atoms with van der Waals surface area (Å²) in [7, 11) is -3.64. The molecule has 9 heteroatoms. The van der Waals surface area contributed by atoms with Crippen molar-refractivity contribution >= 4 is 10.0 Å². The summed E-state index contributed by atoms with van der Waals surface area (Å²) in [6, 6.07) is 2.55. The van der Waals surface area contributed by atoms with Crippen LogP contribution in [0.25, 0.3) is 0 Å². The van der Waals surface area contributed by atoms with Crippen LogP contribution < -0.4 is 5.56 Å². The molecule has 0 amide bonds. The van der Waals surface area contributed by atoms with Crippen molar-refractivity contribution < 1.29 is 12.9 Å². The third-order valence-corrected chi connectivity index (χ3v) is 5.78. The predicted molar refractivity (Wildman–Crippen MR) is 92.9 cm³/mol. The maximum atomic E-state index is 12.6. The third kappa shape index (κ3) is 4.16. The Hall–Kier alpha value is -2.00. The van der Waals surface area contributed by atoms with Gasteiger partial charge in [0.25, 0.3) is 5.56 Å². The summed E-state index contributed by atoms with van der Waals surface area (Å²) in [5, 5.41) is 3.91. The Morgan fingerprint density at radius 1 is 1.20 bits per heavy atom. The van der Waals surface area contributed by atoms with Crippen LogP contribution in [0.1, 0.15) is 46.3 Å². The molecular weight excluding hydrogens is 344 g/mol. The van der Waals surface area contributed by atoms with E-state index in [9.17, 15) is 13.2 Å². The Balaban J connectivity index is 2.37. The quantitative estimate of drug-likeness (QED) is 0.768. The van der Waals surface area contributed by atoms with E-state index in [-0.39, 0.29) is 28.3 Å². The van der Waals surface area contributed by atoms with Gasteiger partial charge in [-0.2, -0.15) is 9.29 Å². The Kier molecular flexibility index (Phi) is 5.48. The molecule has 0 atom stereocenters. The topological polar surface area (TPSA) is 98.3 Å². The van der Waals surface area contributed by atoms with Crippen LogP contribution in [0.3, 0.4) is 0 Å². The second kappa shape index (κ2) is 7.09. The zero-order valence-corrected chi connectivity index (χ0v) is 16.0. The Morgan fingerprint density at radius 3 is 2.36 bits per heavy atom. The van der Waals surface area contributed by atoms with Gasteiger partial charge in [0.2, 0.25) is 15.9 Å². The number of sulfonamides is 1. The van der Waals surface area contributed by atoms with E-state index >= 15 is 0 Å². The van der Waals surface area contributed by atoms with E-state index in [1.54, 1.807) is 13.8 Å². The minimum atomic E-state index is -3.64. The second-order valence-electron chi connectivity index (χ2n) is 6.68. The largest absolute Gasteiger partial charge is 0.337 e. The molecule has 8 nitrogen and oxygen atoms in total. The summed E-state index contributed by atoms with van der Waals surface area (Å²) in [6.07, 6.45) is 1.32. The molecule has 2 heterocycles. The second-order valence-corrected chi connectivity index (χ2v) is 8.62. The first kappa shape index (κ1) is 19.3. The van der Waals surface area contributed by atoms with Gasteiger partial charge in [0.05, 0.1) is 4.90 Å². The van der Waals surface area contributed by atoms with Crippen molar-refractivity contribution in [3.8, 4) is 0 Å². The fourth-order valence-corrected chi connectivity index (χ4v) is 3.75. The van der Waals surface area contributed by atoms with Crippen LogP contribution in [0, 0.1) is 0 Å². The molecule has 2 aromatic heterocycles. The highest BCUT2D eigenvalue weighted by Crippen LogP contribution is 2.19. The van der Waals surface area contributed by atoms with Gasteiger partial charge in [0.1, 0.15) is 6.54 Å². The van der Waals surface area contributed by atoms with E-state index in [1.807, 2.05) is 20.8 Å². The van der Waals surface area contributed by atoms with E-state index in [4.69, 9.17) is 4.52 Å². The average Bonchev–Trinajstić information content (AvgIpc) is 2.99. The van der Waals surface area contributed by atoms with Crippen LogP contribution in [0.2, 0.25) is 0 Å². The normalized spacial score (nSPS) is 12.7. The van der Waals surface area contributed by atoms with Gasteiger partial charge in [-0.05, 0) is 6.07 Å². The van der Waals surface area contributed by atoms with E-state index in [1.165, 1.54) is 27.2 Å². The minimum absolute atomic E-state index is 0.0174. The van der Waals surface area contributed by atoms with Gasteiger partial charge in [-0.15, -0.1) is 0 Å². The first-order chi connectivity index (χ1) is 11.6. The standard InChI is InChI=1S/C16H24N4O4S/c1-6-20(7-2)25(22,23)12-8-9-14(21)19(10-12)11-13-17-15(18-24-13)16(3,4)5/h8-10H,6-7,11H2,1-5H3. The lowest BCUT2D eigenvalue weighted by atomic mass is 9.96. The molecule has 138 valence electrons. The molecule has 0 aliphatic carbocycles. The maximum absolute atomic E-state index is 12.6. The average molecular weight is 368 g/mol. The Labute approximate surface area is 147 Å². The molecule has 0 N–H and O–H groups in total. The van der Waals surface area contributed by atoms with Gasteiger partial charge in [-0.3, -0.25) is 4.79 Å². The van der Waals surface area contributed by atoms with Gasteiger partial charge < -0.3 is 9.09 Å². The predicted octanol–water partition coefficient (Wildman–Crippen LogP) is 1.61. The zero-order chi connectivity index (χ0) is 18.8. The van der Waals surface area contributed by atoms with Crippen LogP contribution in [0.4, 0.5) is 0 Å². The van der Waals surface area contributed by atoms with Crippen LogP contribution in [0.5, 0.6) is 0 Å². The lowest BCUT2D eigenvalue weighted by Gasteiger charge is -2.18. The lowest BCUT2D eigenvalue weighted by molar-refractivity contribution is 0.355. The van der Waals surface area contributed by atoms with Crippen LogP contribution in [0.15, 0.2) is 32.5 Å². The molecule has 0 aliphatic rings. The smallest absolute Gasteiger partial charge is 0.251 e. The molecule has 0 saturated carbocycles. The maximum Gasteiger partial charge on any atom is 0.251 e. The van der Waals surface area contributed by atoms with Crippen LogP contribution in [-0.4, -0.2) is 40.5 Å². The summed E-state index contributed by atoms with van der Waals surface area (Å²) in [4.78, 5) is 16.4. The highest BCUT2D eigenvalue weighted by atomic mass is 32.2. The molecule has 0 aromatic carbocycles. The van der Waals surface area contributed by atoms with Crippen LogP contribution >= 0.6 is 0 Å². The molecule has 0 fully saturated rings. The van der Waals surface area contributed by atoms with E-state index in [0.717, 1.165) is 0 Å². The third-order valence-electron chi connectivity index (χ3n) is 3.74. The van der Waals surface area contributed by atoms with Gasteiger partial charge in [0, 0.05) is 30.8 Å². The molecule has 0 unspecified atom stereocenters. The fourth-order valence-electron chi connectivity index (χ4n) is 2.27. The van der Waals surface area contributed by atoms with Crippen molar-refractivity contribution in [1.82, 2.24) is 19.0 Å². The van der Waals surface area contributed by atoms with E-state index in [0.29, 0.717) is 18.9 Å². The number of hydrogen-bond acceptors (Lipinski definition) is 6. The number of pyridine rings is 1. The molecule has 0 bridgehead atoms. The minimum Gasteiger partial charge on any atom is -0.337 e. The molecule has 0 radical (unpaired) electrons. The monoisotopic (exact) mass is 368 g/mol. The summed E-state index contributed by atoms with van der Waals surface area (Å²) in [6.45, 7) is 10.1. The fraction of sp³-hybridized carbons (Fsp3) is 0.562. The number of rotatable bonds is 6. The summed E-state index contributed by atoms with van der Waals surface area (Å²) in [5.41, 5.74) is -0.616. The SMILES string of the molecule is CCN(CC)S(=O)(=O)c1ccc(=O)n(Cc2nc(C(C)(C)C)no2)c1. The number of nitrogens with zero attached hydrogens (tertiary/aromatic N) is 4. The Morgan fingerprint density at radius 2 is 1.84 bits per heavy atom. The summed E-state index contributed by atoms with van der Waals surface area (Å²) < 4.78 is 33.0. The highest BCUT2D eigenvalue weighted by Gasteiger charge is 2.24. The van der Waals surface area contributed by atoms with Crippen molar-refractivity contribution in [3.05, 3.63) is 40.4 Å². The first-order valence-electron chi connectivity index (χ1n) is 8.13. The van der Waals surface area contributed by atoms with Gasteiger partial charge in [-0.25, -0.2) is 8.42 Å². The molecule has 2 rings (SSSR count). The molecule has 0 saturated heterocycles. The molecule has 0 spiro atoms. The number of hydrogen-bond donors (Lipinski definition) is 0. The molecule has 2 aromatic rings. The summed E-state index contributed by atoms with van der Waals surface area (Å²) >= 11 is 0. The number of aromatic nitrogens is 3. The van der Waals surface area contributed by atoms with Gasteiger partial charge in [-0.1, -0.05) is 39.8 Å². The van der Waals surface area contributed by atoms with Crippen molar-refractivity contribution in [1.29, 1.82) is 0 Å². The van der Waals surface area contributed by atoms with Gasteiger partial charge >= 0.3 is 0 Å².